The molecule has 7 nitrogen and oxygen atoms in total. The van der Waals surface area contributed by atoms with Gasteiger partial charge in [0, 0.05) is 13.2 Å². The monoisotopic (exact) mass is 267 g/mol. The zero-order valence-corrected chi connectivity index (χ0v) is 11.2. The largest absolute Gasteiger partial charge is 0.378 e. The van der Waals surface area contributed by atoms with E-state index in [9.17, 15) is 4.79 Å². The summed E-state index contributed by atoms with van der Waals surface area (Å²) in [5.41, 5.74) is 0. The number of hydrogen-bond donors (Lipinski definition) is 3. The number of piperidine rings is 1. The van der Waals surface area contributed by atoms with Gasteiger partial charge in [-0.2, -0.15) is 0 Å². The molecule has 0 aromatic carbocycles. The van der Waals surface area contributed by atoms with Crippen molar-refractivity contribution in [1.82, 2.24) is 25.8 Å². The van der Waals surface area contributed by atoms with Gasteiger partial charge in [0.2, 0.25) is 5.82 Å². The predicted octanol–water partition coefficient (Wildman–Crippen LogP) is 0.00162. The number of nitrogens with one attached hydrogen (secondary N) is 3. The average Bonchev–Trinajstić information content (AvgIpc) is 2.86. The van der Waals surface area contributed by atoms with Gasteiger partial charge >= 0.3 is 0 Å². The van der Waals surface area contributed by atoms with Crippen molar-refractivity contribution in [3.63, 3.8) is 0 Å². The molecule has 3 N–H and O–H groups in total. The number of hydrogen-bond acceptors (Lipinski definition) is 5. The van der Waals surface area contributed by atoms with Crippen LogP contribution in [0.1, 0.15) is 35.7 Å². The molecule has 1 aromatic heterocycles. The molecule has 1 saturated heterocycles. The van der Waals surface area contributed by atoms with Gasteiger partial charge in [0.05, 0.1) is 6.10 Å². The molecule has 106 valence electrons. The van der Waals surface area contributed by atoms with Crippen LogP contribution in [-0.4, -0.2) is 53.4 Å². The molecule has 1 aromatic rings. The van der Waals surface area contributed by atoms with Gasteiger partial charge in [0.25, 0.3) is 5.91 Å². The first-order chi connectivity index (χ1) is 9.25. The first-order valence-corrected chi connectivity index (χ1v) is 6.75. The number of carbonyl (C=O) groups excluding carboxylic acids is 1. The number of aromatic amines is 1. The van der Waals surface area contributed by atoms with Crippen LogP contribution in [0, 0.1) is 6.92 Å². The molecule has 1 fully saturated rings. The van der Waals surface area contributed by atoms with E-state index in [1.165, 1.54) is 0 Å². The van der Waals surface area contributed by atoms with Gasteiger partial charge in [0.15, 0.2) is 0 Å². The molecule has 0 aliphatic carbocycles. The van der Waals surface area contributed by atoms with Crippen LogP contribution in [0.3, 0.4) is 0 Å². The van der Waals surface area contributed by atoms with Crippen LogP contribution < -0.4 is 10.6 Å². The first kappa shape index (κ1) is 14.0. The van der Waals surface area contributed by atoms with Gasteiger partial charge in [-0.3, -0.25) is 9.89 Å². The average molecular weight is 267 g/mol. The quantitative estimate of drug-likeness (QED) is 0.631. The second-order valence-corrected chi connectivity index (χ2v) is 4.67. The third-order valence-corrected chi connectivity index (χ3v) is 3.05. The van der Waals surface area contributed by atoms with Crippen molar-refractivity contribution >= 4 is 5.91 Å². The maximum absolute atomic E-state index is 11.6. The highest BCUT2D eigenvalue weighted by Gasteiger charge is 2.13. The molecule has 0 unspecified atom stereocenters. The van der Waals surface area contributed by atoms with E-state index in [2.05, 4.69) is 25.8 Å². The van der Waals surface area contributed by atoms with Crippen LogP contribution in [0.25, 0.3) is 0 Å². The smallest absolute Gasteiger partial charge is 0.290 e. The minimum Gasteiger partial charge on any atom is -0.378 e. The Kier molecular flexibility index (Phi) is 5.29. The van der Waals surface area contributed by atoms with Gasteiger partial charge in [0.1, 0.15) is 5.82 Å². The maximum Gasteiger partial charge on any atom is 0.290 e. The molecule has 0 saturated carbocycles. The lowest BCUT2D eigenvalue weighted by Gasteiger charge is -2.22. The van der Waals surface area contributed by atoms with Crippen LogP contribution in [-0.2, 0) is 4.74 Å². The van der Waals surface area contributed by atoms with E-state index in [-0.39, 0.29) is 11.7 Å². The SMILES string of the molecule is Cc1nc(C(=O)NCCCOC2CCNCC2)n[nH]1. The molecule has 2 heterocycles. The van der Waals surface area contributed by atoms with Crippen LogP contribution in [0.4, 0.5) is 0 Å². The van der Waals surface area contributed by atoms with Crippen LogP contribution in [0.2, 0.25) is 0 Å². The summed E-state index contributed by atoms with van der Waals surface area (Å²) < 4.78 is 5.75. The molecule has 7 heteroatoms. The molecular formula is C12H21N5O2. The Morgan fingerprint density at radius 2 is 2.26 bits per heavy atom. The van der Waals surface area contributed by atoms with E-state index in [0.29, 0.717) is 25.1 Å². The molecule has 19 heavy (non-hydrogen) atoms. The third kappa shape index (κ3) is 4.60. The maximum atomic E-state index is 11.6. The Balaban J connectivity index is 1.55. The van der Waals surface area contributed by atoms with Crippen molar-refractivity contribution in [2.75, 3.05) is 26.2 Å². The number of nitrogens with zero attached hydrogens (tertiary/aromatic N) is 2. The van der Waals surface area contributed by atoms with E-state index in [1.54, 1.807) is 6.92 Å². The lowest BCUT2D eigenvalue weighted by Crippen LogP contribution is -2.33. The summed E-state index contributed by atoms with van der Waals surface area (Å²) >= 11 is 0. The number of aryl methyl sites for hydroxylation is 1. The van der Waals surface area contributed by atoms with Crippen molar-refractivity contribution in [2.24, 2.45) is 0 Å². The minimum absolute atomic E-state index is 0.191. The van der Waals surface area contributed by atoms with Gasteiger partial charge < -0.3 is 15.4 Å². The molecule has 0 bridgehead atoms. The fraction of sp³-hybridized carbons (Fsp3) is 0.750. The summed E-state index contributed by atoms with van der Waals surface area (Å²) in [6.07, 6.45) is 3.32. The van der Waals surface area contributed by atoms with Crippen LogP contribution in [0.15, 0.2) is 0 Å². The fourth-order valence-corrected chi connectivity index (χ4v) is 2.01. The molecule has 1 amide bonds. The fourth-order valence-electron chi connectivity index (χ4n) is 2.01. The number of amides is 1. The van der Waals surface area contributed by atoms with Gasteiger partial charge in [-0.1, -0.05) is 0 Å². The Labute approximate surface area is 112 Å². The van der Waals surface area contributed by atoms with Gasteiger partial charge in [-0.25, -0.2) is 4.98 Å². The zero-order chi connectivity index (χ0) is 13.5. The summed E-state index contributed by atoms with van der Waals surface area (Å²) in [6.45, 7) is 5.09. The van der Waals surface area contributed by atoms with E-state index >= 15 is 0 Å². The number of H-pyrrole nitrogens is 1. The second kappa shape index (κ2) is 7.20. The topological polar surface area (TPSA) is 91.9 Å². The number of ether oxygens (including phenoxy) is 1. The van der Waals surface area contributed by atoms with E-state index in [4.69, 9.17) is 4.74 Å². The lowest BCUT2D eigenvalue weighted by atomic mass is 10.1. The Hall–Kier alpha value is -1.47. The Morgan fingerprint density at radius 1 is 1.47 bits per heavy atom. The molecule has 1 aliphatic rings. The first-order valence-electron chi connectivity index (χ1n) is 6.75. The van der Waals surface area contributed by atoms with Crippen molar-refractivity contribution in [2.45, 2.75) is 32.3 Å². The molecule has 0 spiro atoms. The van der Waals surface area contributed by atoms with E-state index in [0.717, 1.165) is 32.4 Å². The number of rotatable bonds is 6. The second-order valence-electron chi connectivity index (χ2n) is 4.67. The third-order valence-electron chi connectivity index (χ3n) is 3.05. The summed E-state index contributed by atoms with van der Waals surface area (Å²) in [6, 6.07) is 0. The van der Waals surface area contributed by atoms with Crippen molar-refractivity contribution in [1.29, 1.82) is 0 Å². The van der Waals surface area contributed by atoms with Crippen molar-refractivity contribution in [3.8, 4) is 0 Å². The molecule has 1 aliphatic heterocycles. The highest BCUT2D eigenvalue weighted by Crippen LogP contribution is 2.07. The highest BCUT2D eigenvalue weighted by molar-refractivity contribution is 5.90. The van der Waals surface area contributed by atoms with Gasteiger partial charge in [-0.15, -0.1) is 5.10 Å². The van der Waals surface area contributed by atoms with Crippen LogP contribution in [0.5, 0.6) is 0 Å². The number of aromatic nitrogens is 3. The minimum atomic E-state index is -0.244. The summed E-state index contributed by atoms with van der Waals surface area (Å²) in [5, 5.41) is 12.5. The molecule has 0 atom stereocenters. The van der Waals surface area contributed by atoms with Crippen molar-refractivity contribution in [3.05, 3.63) is 11.6 Å². The zero-order valence-electron chi connectivity index (χ0n) is 11.2. The summed E-state index contributed by atoms with van der Waals surface area (Å²) in [7, 11) is 0. The predicted molar refractivity (Wildman–Crippen MR) is 69.9 cm³/mol. The number of carbonyl (C=O) groups is 1. The molecular weight excluding hydrogens is 246 g/mol. The summed E-state index contributed by atoms with van der Waals surface area (Å²) in [5.74, 6) is 0.586. The van der Waals surface area contributed by atoms with Crippen LogP contribution >= 0.6 is 0 Å². The normalized spacial score (nSPS) is 16.5. The lowest BCUT2D eigenvalue weighted by molar-refractivity contribution is 0.0317. The highest BCUT2D eigenvalue weighted by atomic mass is 16.5. The van der Waals surface area contributed by atoms with Crippen molar-refractivity contribution < 1.29 is 9.53 Å². The summed E-state index contributed by atoms with van der Waals surface area (Å²) in [4.78, 5) is 15.6. The van der Waals surface area contributed by atoms with E-state index in [1.807, 2.05) is 0 Å². The van der Waals surface area contributed by atoms with E-state index < -0.39 is 0 Å². The van der Waals surface area contributed by atoms with Gasteiger partial charge in [-0.05, 0) is 39.3 Å². The molecule has 2 rings (SSSR count). The Bertz CT molecular complexity index is 401. The standard InChI is InChI=1S/C12H21N5O2/c1-9-15-11(17-16-9)12(18)14-5-2-8-19-10-3-6-13-7-4-10/h10,13H,2-8H2,1H3,(H,14,18)(H,15,16,17). The molecule has 0 radical (unpaired) electrons. The Morgan fingerprint density at radius 3 is 2.95 bits per heavy atom.